The third kappa shape index (κ3) is 4.93. The van der Waals surface area contributed by atoms with Crippen LogP contribution in [0.15, 0.2) is 11.1 Å². The average molecular weight is 280 g/mol. The third-order valence-electron chi connectivity index (χ3n) is 4.26. The van der Waals surface area contributed by atoms with Crippen LogP contribution in [-0.2, 0) is 14.3 Å². The normalized spacial score (nSPS) is 21.2. The second kappa shape index (κ2) is 7.82. The Morgan fingerprint density at radius 3 is 2.65 bits per heavy atom. The second-order valence-electron chi connectivity index (χ2n) is 6.08. The Labute approximate surface area is 122 Å². The number of carbonyl (C=O) groups excluding carboxylic acids is 1. The van der Waals surface area contributed by atoms with Crippen LogP contribution in [0.3, 0.4) is 0 Å². The fourth-order valence-electron chi connectivity index (χ4n) is 2.68. The average Bonchev–Trinajstić information content (AvgIpc) is 3.32. The summed E-state index contributed by atoms with van der Waals surface area (Å²) in [5.74, 6) is 0.852. The van der Waals surface area contributed by atoms with Gasteiger partial charge >= 0.3 is 5.97 Å². The molecule has 0 radical (unpaired) electrons. The number of rotatable bonds is 11. The van der Waals surface area contributed by atoms with Gasteiger partial charge in [0, 0.05) is 13.2 Å². The lowest BCUT2D eigenvalue weighted by molar-refractivity contribution is -0.144. The maximum atomic E-state index is 11.6. The minimum absolute atomic E-state index is 0.0248. The Morgan fingerprint density at radius 2 is 1.95 bits per heavy atom. The van der Waals surface area contributed by atoms with E-state index in [0.29, 0.717) is 6.61 Å². The van der Waals surface area contributed by atoms with Crippen molar-refractivity contribution in [1.82, 2.24) is 0 Å². The molecule has 0 saturated heterocycles. The maximum Gasteiger partial charge on any atom is 0.317 e. The van der Waals surface area contributed by atoms with Crippen LogP contribution in [0.4, 0.5) is 0 Å². The summed E-state index contributed by atoms with van der Waals surface area (Å²) in [6.07, 6.45) is 8.64. The van der Waals surface area contributed by atoms with Gasteiger partial charge < -0.3 is 9.47 Å². The van der Waals surface area contributed by atoms with Crippen molar-refractivity contribution in [3.05, 3.63) is 11.1 Å². The summed E-state index contributed by atoms with van der Waals surface area (Å²) in [4.78, 5) is 11.6. The summed E-state index contributed by atoms with van der Waals surface area (Å²) in [7, 11) is 0. The molecule has 0 amide bonds. The number of esters is 1. The van der Waals surface area contributed by atoms with Crippen LogP contribution >= 0.6 is 0 Å². The van der Waals surface area contributed by atoms with Crippen LogP contribution in [0, 0.1) is 11.8 Å². The molecule has 0 spiro atoms. The molecule has 0 aromatic carbocycles. The van der Waals surface area contributed by atoms with Gasteiger partial charge in [0.1, 0.15) is 0 Å². The van der Waals surface area contributed by atoms with Crippen LogP contribution in [0.1, 0.15) is 58.8 Å². The summed E-state index contributed by atoms with van der Waals surface area (Å²) >= 11 is 0. The zero-order valence-electron chi connectivity index (χ0n) is 13.0. The molecule has 0 aromatic rings. The molecule has 20 heavy (non-hydrogen) atoms. The molecule has 2 rings (SSSR count). The van der Waals surface area contributed by atoms with Gasteiger partial charge in [-0.15, -0.1) is 0 Å². The minimum atomic E-state index is -0.0477. The summed E-state index contributed by atoms with van der Waals surface area (Å²) in [6.45, 7) is 6.30. The van der Waals surface area contributed by atoms with E-state index in [2.05, 4.69) is 6.92 Å². The van der Waals surface area contributed by atoms with Gasteiger partial charge in [-0.2, -0.15) is 0 Å². The first kappa shape index (κ1) is 15.6. The highest BCUT2D eigenvalue weighted by Gasteiger charge is 2.39. The van der Waals surface area contributed by atoms with Gasteiger partial charge in [0.2, 0.25) is 0 Å². The van der Waals surface area contributed by atoms with E-state index >= 15 is 0 Å². The monoisotopic (exact) mass is 280 g/mol. The van der Waals surface area contributed by atoms with E-state index in [1.165, 1.54) is 49.7 Å². The molecular weight excluding hydrogens is 252 g/mol. The van der Waals surface area contributed by atoms with Gasteiger partial charge in [-0.05, 0) is 51.9 Å². The van der Waals surface area contributed by atoms with Gasteiger partial charge in [0.25, 0.3) is 0 Å². The van der Waals surface area contributed by atoms with E-state index < -0.39 is 0 Å². The van der Waals surface area contributed by atoms with Gasteiger partial charge in [0.05, 0.1) is 12.5 Å². The van der Waals surface area contributed by atoms with Crippen molar-refractivity contribution in [3.8, 4) is 0 Å². The smallest absolute Gasteiger partial charge is 0.317 e. The number of ether oxygens (including phenoxy) is 2. The predicted octanol–water partition coefficient (Wildman–Crippen LogP) is 3.87. The third-order valence-corrected chi connectivity index (χ3v) is 4.26. The Morgan fingerprint density at radius 1 is 1.20 bits per heavy atom. The molecule has 0 unspecified atom stereocenters. The van der Waals surface area contributed by atoms with E-state index in [9.17, 15) is 4.79 Å². The number of hydrogen-bond donors (Lipinski definition) is 0. The van der Waals surface area contributed by atoms with Crippen LogP contribution in [0.25, 0.3) is 0 Å². The van der Waals surface area contributed by atoms with E-state index in [0.717, 1.165) is 25.6 Å². The first-order valence-electron chi connectivity index (χ1n) is 8.18. The molecule has 3 heteroatoms. The molecule has 3 nitrogen and oxygen atoms in total. The minimum Gasteiger partial charge on any atom is -0.465 e. The predicted molar refractivity (Wildman–Crippen MR) is 79.5 cm³/mol. The topological polar surface area (TPSA) is 35.5 Å². The van der Waals surface area contributed by atoms with E-state index in [4.69, 9.17) is 9.47 Å². The number of carbonyl (C=O) groups is 1. The largest absolute Gasteiger partial charge is 0.465 e. The SMILES string of the molecule is CCOC(=O)[C@@H]1C(C)=C1CCCCCCOCC1CC1. The van der Waals surface area contributed by atoms with Crippen molar-refractivity contribution in [1.29, 1.82) is 0 Å². The highest BCUT2D eigenvalue weighted by atomic mass is 16.5. The Kier molecular flexibility index (Phi) is 6.08. The van der Waals surface area contributed by atoms with Crippen molar-refractivity contribution < 1.29 is 14.3 Å². The summed E-state index contributed by atoms with van der Waals surface area (Å²) in [5, 5.41) is 0. The molecule has 1 fully saturated rings. The summed E-state index contributed by atoms with van der Waals surface area (Å²) in [6, 6.07) is 0. The van der Waals surface area contributed by atoms with Crippen LogP contribution in [0.5, 0.6) is 0 Å². The van der Waals surface area contributed by atoms with E-state index in [1.54, 1.807) is 0 Å². The molecule has 2 aliphatic rings. The van der Waals surface area contributed by atoms with Gasteiger partial charge in [-0.3, -0.25) is 4.79 Å². The van der Waals surface area contributed by atoms with Gasteiger partial charge in [0.15, 0.2) is 0 Å². The van der Waals surface area contributed by atoms with Crippen LogP contribution < -0.4 is 0 Å². The molecule has 0 aliphatic heterocycles. The van der Waals surface area contributed by atoms with Gasteiger partial charge in [-0.1, -0.05) is 24.0 Å². The van der Waals surface area contributed by atoms with Crippen molar-refractivity contribution in [2.45, 2.75) is 58.8 Å². The van der Waals surface area contributed by atoms with E-state index in [-0.39, 0.29) is 11.9 Å². The summed E-state index contributed by atoms with van der Waals surface area (Å²) < 4.78 is 10.7. The quantitative estimate of drug-likeness (QED) is 0.327. The van der Waals surface area contributed by atoms with Crippen LogP contribution in [-0.4, -0.2) is 25.8 Å². The Balaban J connectivity index is 1.42. The lowest BCUT2D eigenvalue weighted by atomic mass is 10.1. The molecule has 0 heterocycles. The van der Waals surface area contributed by atoms with Crippen molar-refractivity contribution in [2.24, 2.45) is 11.8 Å². The first-order chi connectivity index (χ1) is 9.74. The first-order valence-corrected chi connectivity index (χ1v) is 8.18. The maximum absolute atomic E-state index is 11.6. The molecule has 0 bridgehead atoms. The highest BCUT2D eigenvalue weighted by molar-refractivity contribution is 5.85. The molecule has 114 valence electrons. The lowest BCUT2D eigenvalue weighted by Crippen LogP contribution is -2.09. The second-order valence-corrected chi connectivity index (χ2v) is 6.08. The molecule has 0 N–H and O–H groups in total. The standard InChI is InChI=1S/C17H28O3/c1-3-20-17(18)16-13(2)15(16)8-6-4-5-7-11-19-12-14-9-10-14/h14,16H,3-12H2,1-2H3/t16-/m1/s1. The van der Waals surface area contributed by atoms with Crippen molar-refractivity contribution >= 4 is 5.97 Å². The van der Waals surface area contributed by atoms with Crippen LogP contribution in [0.2, 0.25) is 0 Å². The zero-order chi connectivity index (χ0) is 14.4. The van der Waals surface area contributed by atoms with Gasteiger partial charge in [-0.25, -0.2) is 0 Å². The van der Waals surface area contributed by atoms with Crippen molar-refractivity contribution in [2.75, 3.05) is 19.8 Å². The van der Waals surface area contributed by atoms with Crippen molar-refractivity contribution in [3.63, 3.8) is 0 Å². The molecule has 1 saturated carbocycles. The zero-order valence-corrected chi connectivity index (χ0v) is 13.0. The Hall–Kier alpha value is -0.830. The fourth-order valence-corrected chi connectivity index (χ4v) is 2.68. The fraction of sp³-hybridized carbons (Fsp3) is 0.824. The van der Waals surface area contributed by atoms with E-state index in [1.807, 2.05) is 6.92 Å². The lowest BCUT2D eigenvalue weighted by Gasteiger charge is -2.03. The molecule has 0 aromatic heterocycles. The number of hydrogen-bond acceptors (Lipinski definition) is 3. The molecule has 1 atom stereocenters. The molecular formula is C17H28O3. The summed E-state index contributed by atoms with van der Waals surface area (Å²) in [5.41, 5.74) is 2.57. The number of unbranched alkanes of at least 4 members (excludes halogenated alkanes) is 3. The Bertz CT molecular complexity index is 355. The highest BCUT2D eigenvalue weighted by Crippen LogP contribution is 2.43. The molecule has 2 aliphatic carbocycles.